The van der Waals surface area contributed by atoms with E-state index in [-0.39, 0.29) is 43.5 Å². The minimum atomic E-state index is -4.83. The molecule has 0 radical (unpaired) electrons. The molecule has 13 heteroatoms. The van der Waals surface area contributed by atoms with E-state index in [4.69, 9.17) is 24.1 Å². The highest BCUT2D eigenvalue weighted by atomic mass is 19.4. The molecule has 2 saturated heterocycles. The molecule has 3 atom stereocenters. The first-order chi connectivity index (χ1) is 19.7. The maximum atomic E-state index is 13.4. The standard InChI is InChI=1S/C29H39F3N2O8/c1-27(2,3)42-26(38)34-13-12-28(17-39-16-24(35)33-28)22(34)15-40-19-10-8-18(9-11-19)20-6-4-5-7-21(20)41-23(14-25(36)37)29(30,31)32/h4-7,18-19,22-23H,8-17H2,1-3H3,(H,33,35)(H,36,37)/t18?,19?,22-,23?,28+/m0/s1. The summed E-state index contributed by atoms with van der Waals surface area (Å²) in [5.74, 6) is -1.92. The first-order valence-corrected chi connectivity index (χ1v) is 14.2. The van der Waals surface area contributed by atoms with Crippen molar-refractivity contribution in [3.63, 3.8) is 0 Å². The third kappa shape index (κ3) is 7.85. The fourth-order valence-electron chi connectivity index (χ4n) is 5.95. The highest BCUT2D eigenvalue weighted by Crippen LogP contribution is 2.40. The largest absolute Gasteiger partial charge is 0.481 e. The first-order valence-electron chi connectivity index (χ1n) is 14.2. The Morgan fingerprint density at radius 2 is 1.86 bits per heavy atom. The number of rotatable bonds is 8. The molecule has 2 N–H and O–H groups in total. The maximum Gasteiger partial charge on any atom is 0.426 e. The van der Waals surface area contributed by atoms with Gasteiger partial charge in [-0.1, -0.05) is 18.2 Å². The molecule has 3 aliphatic rings. The SMILES string of the molecule is CC(C)(C)OC(=O)N1CC[C@@]2(COCC(=O)N2)[C@@H]1COC1CCC(c2ccccc2OC(CC(=O)O)C(F)(F)F)CC1. The summed E-state index contributed by atoms with van der Waals surface area (Å²) < 4.78 is 63.0. The number of carboxylic acids is 1. The van der Waals surface area contributed by atoms with Crippen LogP contribution in [-0.4, -0.2) is 89.9 Å². The molecule has 1 saturated carbocycles. The number of halogens is 3. The Labute approximate surface area is 242 Å². The van der Waals surface area contributed by atoms with E-state index in [1.807, 2.05) is 0 Å². The molecule has 0 bridgehead atoms. The van der Waals surface area contributed by atoms with Crippen molar-refractivity contribution in [2.45, 2.75) is 101 Å². The number of amides is 2. The number of hydrogen-bond acceptors (Lipinski definition) is 7. The van der Waals surface area contributed by atoms with Gasteiger partial charge in [-0.3, -0.25) is 9.59 Å². The maximum absolute atomic E-state index is 13.4. The molecule has 1 aliphatic carbocycles. The molecule has 234 valence electrons. The van der Waals surface area contributed by atoms with Crippen molar-refractivity contribution in [1.82, 2.24) is 10.2 Å². The molecular formula is C29H39F3N2O8. The lowest BCUT2D eigenvalue weighted by Gasteiger charge is -2.41. The van der Waals surface area contributed by atoms with E-state index >= 15 is 0 Å². The number of aliphatic carboxylic acids is 1. The number of hydrogen-bond donors (Lipinski definition) is 2. The number of carboxylic acid groups (broad SMARTS) is 1. The lowest BCUT2D eigenvalue weighted by atomic mass is 9.82. The summed E-state index contributed by atoms with van der Waals surface area (Å²) >= 11 is 0. The van der Waals surface area contributed by atoms with Gasteiger partial charge in [-0.25, -0.2) is 4.79 Å². The molecule has 1 spiro atoms. The van der Waals surface area contributed by atoms with Gasteiger partial charge in [0, 0.05) is 6.54 Å². The summed E-state index contributed by atoms with van der Waals surface area (Å²) in [4.78, 5) is 37.9. The van der Waals surface area contributed by atoms with Gasteiger partial charge in [0.15, 0.2) is 0 Å². The van der Waals surface area contributed by atoms with E-state index in [9.17, 15) is 27.6 Å². The van der Waals surface area contributed by atoms with E-state index in [2.05, 4.69) is 5.32 Å². The number of alkyl halides is 3. The second-order valence-corrected chi connectivity index (χ2v) is 12.2. The van der Waals surface area contributed by atoms with Crippen molar-refractivity contribution >= 4 is 18.0 Å². The van der Waals surface area contributed by atoms with Crippen LogP contribution in [0.25, 0.3) is 0 Å². The van der Waals surface area contributed by atoms with Gasteiger partial charge in [0.1, 0.15) is 18.0 Å². The molecule has 2 aliphatic heterocycles. The molecule has 4 rings (SSSR count). The van der Waals surface area contributed by atoms with E-state index in [1.54, 1.807) is 43.9 Å². The van der Waals surface area contributed by atoms with Crippen LogP contribution in [0.2, 0.25) is 0 Å². The number of morpholine rings is 1. The Morgan fingerprint density at radius 3 is 2.48 bits per heavy atom. The number of para-hydroxylation sites is 1. The normalized spacial score (nSPS) is 27.4. The van der Waals surface area contributed by atoms with Crippen LogP contribution in [0.4, 0.5) is 18.0 Å². The van der Waals surface area contributed by atoms with E-state index < -0.39 is 47.9 Å². The van der Waals surface area contributed by atoms with Crippen molar-refractivity contribution in [3.05, 3.63) is 29.8 Å². The zero-order chi connectivity index (χ0) is 30.7. The molecule has 10 nitrogen and oxygen atoms in total. The molecule has 2 heterocycles. The summed E-state index contributed by atoms with van der Waals surface area (Å²) in [5.41, 5.74) is -0.884. The van der Waals surface area contributed by atoms with Gasteiger partial charge in [0.25, 0.3) is 0 Å². The molecule has 2 amide bonds. The highest BCUT2D eigenvalue weighted by molar-refractivity contribution is 5.79. The number of likely N-dealkylation sites (tertiary alicyclic amines) is 1. The summed E-state index contributed by atoms with van der Waals surface area (Å²) in [6.07, 6.45) is -6.16. The number of carbonyl (C=O) groups excluding carboxylic acids is 2. The topological polar surface area (TPSA) is 124 Å². The Balaban J connectivity index is 1.40. The second-order valence-electron chi connectivity index (χ2n) is 12.2. The van der Waals surface area contributed by atoms with Crippen LogP contribution in [0.5, 0.6) is 5.75 Å². The van der Waals surface area contributed by atoms with Crippen LogP contribution in [0.15, 0.2) is 24.3 Å². The van der Waals surface area contributed by atoms with Crippen molar-refractivity contribution < 1.29 is 51.6 Å². The Kier molecular flexibility index (Phi) is 9.61. The molecule has 0 aromatic heterocycles. The Morgan fingerprint density at radius 1 is 1.17 bits per heavy atom. The van der Waals surface area contributed by atoms with Crippen molar-refractivity contribution in [2.75, 3.05) is 26.4 Å². The number of nitrogens with one attached hydrogen (secondary N) is 1. The summed E-state index contributed by atoms with van der Waals surface area (Å²) in [6.45, 7) is 6.07. The van der Waals surface area contributed by atoms with Gasteiger partial charge < -0.3 is 34.3 Å². The summed E-state index contributed by atoms with van der Waals surface area (Å²) in [6, 6.07) is 5.92. The van der Waals surface area contributed by atoms with Crippen LogP contribution < -0.4 is 10.1 Å². The number of benzene rings is 1. The molecular weight excluding hydrogens is 561 g/mol. The van der Waals surface area contributed by atoms with Crippen molar-refractivity contribution in [1.29, 1.82) is 0 Å². The van der Waals surface area contributed by atoms with Crippen LogP contribution in [-0.2, 0) is 23.8 Å². The van der Waals surface area contributed by atoms with Gasteiger partial charge in [-0.15, -0.1) is 0 Å². The third-order valence-electron chi connectivity index (χ3n) is 7.94. The van der Waals surface area contributed by atoms with E-state index in [0.717, 1.165) is 0 Å². The van der Waals surface area contributed by atoms with Crippen LogP contribution >= 0.6 is 0 Å². The summed E-state index contributed by atoms with van der Waals surface area (Å²) in [5, 5.41) is 12.0. The number of carbonyl (C=O) groups is 3. The lowest BCUT2D eigenvalue weighted by Crippen LogP contribution is -2.65. The monoisotopic (exact) mass is 600 g/mol. The molecule has 1 aromatic rings. The zero-order valence-corrected chi connectivity index (χ0v) is 24.1. The fourth-order valence-corrected chi connectivity index (χ4v) is 5.95. The lowest BCUT2D eigenvalue weighted by molar-refractivity contribution is -0.200. The van der Waals surface area contributed by atoms with Gasteiger partial charge in [-0.2, -0.15) is 13.2 Å². The molecule has 1 aromatic carbocycles. The van der Waals surface area contributed by atoms with Gasteiger partial charge in [-0.05, 0) is 70.4 Å². The van der Waals surface area contributed by atoms with Crippen LogP contribution in [0.3, 0.4) is 0 Å². The van der Waals surface area contributed by atoms with E-state index in [1.165, 1.54) is 6.07 Å². The Hall–Kier alpha value is -3.06. The average molecular weight is 601 g/mol. The number of nitrogens with zero attached hydrogens (tertiary/aromatic N) is 1. The molecule has 1 unspecified atom stereocenters. The van der Waals surface area contributed by atoms with Crippen molar-refractivity contribution in [3.8, 4) is 5.75 Å². The van der Waals surface area contributed by atoms with Gasteiger partial charge >= 0.3 is 18.2 Å². The number of ether oxygens (including phenoxy) is 4. The van der Waals surface area contributed by atoms with Crippen molar-refractivity contribution in [2.24, 2.45) is 0 Å². The van der Waals surface area contributed by atoms with Crippen LogP contribution in [0.1, 0.15) is 70.8 Å². The average Bonchev–Trinajstić information content (AvgIpc) is 3.22. The summed E-state index contributed by atoms with van der Waals surface area (Å²) in [7, 11) is 0. The first kappa shape index (κ1) is 31.9. The quantitative estimate of drug-likeness (QED) is 0.450. The Bertz CT molecular complexity index is 1130. The molecule has 3 fully saturated rings. The predicted octanol–water partition coefficient (Wildman–Crippen LogP) is 4.41. The van der Waals surface area contributed by atoms with Gasteiger partial charge in [0.2, 0.25) is 12.0 Å². The van der Waals surface area contributed by atoms with Gasteiger partial charge in [0.05, 0.1) is 37.3 Å². The van der Waals surface area contributed by atoms with E-state index in [0.29, 0.717) is 44.2 Å². The zero-order valence-electron chi connectivity index (χ0n) is 24.1. The predicted molar refractivity (Wildman–Crippen MR) is 143 cm³/mol. The van der Waals surface area contributed by atoms with Crippen LogP contribution in [0, 0.1) is 0 Å². The minimum Gasteiger partial charge on any atom is -0.481 e. The fraction of sp³-hybridized carbons (Fsp3) is 0.690. The molecule has 42 heavy (non-hydrogen) atoms. The minimum absolute atomic E-state index is 0.0272. The smallest absolute Gasteiger partial charge is 0.426 e. The third-order valence-corrected chi connectivity index (χ3v) is 7.94. The second kappa shape index (κ2) is 12.7. The highest BCUT2D eigenvalue weighted by Gasteiger charge is 2.53.